The molecule has 0 bridgehead atoms. The molecule has 1 aromatic rings. The third kappa shape index (κ3) is 4.37. The van der Waals surface area contributed by atoms with Crippen molar-refractivity contribution in [3.8, 4) is 5.75 Å². The predicted octanol–water partition coefficient (Wildman–Crippen LogP) is 1.14. The van der Waals surface area contributed by atoms with Gasteiger partial charge < -0.3 is 20.3 Å². The van der Waals surface area contributed by atoms with Gasteiger partial charge in [0.05, 0.1) is 17.7 Å². The van der Waals surface area contributed by atoms with Gasteiger partial charge in [-0.05, 0) is 17.7 Å². The number of benzene rings is 1. The predicted molar refractivity (Wildman–Crippen MR) is 62.7 cm³/mol. The first-order valence-corrected chi connectivity index (χ1v) is 5.36. The highest BCUT2D eigenvalue weighted by Gasteiger charge is 2.03. The van der Waals surface area contributed by atoms with Crippen LogP contribution in [-0.2, 0) is 11.3 Å². The molecule has 0 amide bonds. The molecule has 5 heteroatoms. The first-order chi connectivity index (χ1) is 7.63. The molecule has 1 aromatic carbocycles. The lowest BCUT2D eigenvalue weighted by Crippen LogP contribution is -2.29. The topological polar surface area (TPSA) is 61.7 Å². The van der Waals surface area contributed by atoms with Gasteiger partial charge >= 0.3 is 0 Å². The SMILES string of the molecule is COCC(O)CNCc1ccc(O)c(Cl)c1. The zero-order valence-electron chi connectivity index (χ0n) is 9.11. The number of aliphatic hydroxyl groups is 1. The maximum atomic E-state index is 9.37. The average molecular weight is 246 g/mol. The molecular formula is C11H16ClNO3. The van der Waals surface area contributed by atoms with Gasteiger partial charge in [-0.15, -0.1) is 0 Å². The van der Waals surface area contributed by atoms with Crippen molar-refractivity contribution in [2.75, 3.05) is 20.3 Å². The zero-order chi connectivity index (χ0) is 12.0. The van der Waals surface area contributed by atoms with E-state index in [4.69, 9.17) is 16.3 Å². The number of phenols is 1. The number of ether oxygens (including phenoxy) is 1. The van der Waals surface area contributed by atoms with Crippen molar-refractivity contribution >= 4 is 11.6 Å². The number of nitrogens with one attached hydrogen (secondary N) is 1. The number of aromatic hydroxyl groups is 1. The molecule has 1 rings (SSSR count). The lowest BCUT2D eigenvalue weighted by atomic mass is 10.2. The van der Waals surface area contributed by atoms with Crippen LogP contribution in [0.3, 0.4) is 0 Å². The van der Waals surface area contributed by atoms with Gasteiger partial charge in [0.15, 0.2) is 0 Å². The highest BCUT2D eigenvalue weighted by atomic mass is 35.5. The fourth-order valence-corrected chi connectivity index (χ4v) is 1.50. The number of aliphatic hydroxyl groups excluding tert-OH is 1. The summed E-state index contributed by atoms with van der Waals surface area (Å²) in [6, 6.07) is 5.01. The van der Waals surface area contributed by atoms with Crippen LogP contribution in [0.25, 0.3) is 0 Å². The highest BCUT2D eigenvalue weighted by molar-refractivity contribution is 6.32. The number of phenolic OH excluding ortho intramolecular Hbond substituents is 1. The molecule has 0 saturated carbocycles. The van der Waals surface area contributed by atoms with E-state index in [1.165, 1.54) is 0 Å². The summed E-state index contributed by atoms with van der Waals surface area (Å²) in [5.74, 6) is 0.0739. The van der Waals surface area contributed by atoms with Crippen molar-refractivity contribution < 1.29 is 14.9 Å². The van der Waals surface area contributed by atoms with E-state index in [1.807, 2.05) is 0 Å². The van der Waals surface area contributed by atoms with Gasteiger partial charge in [0, 0.05) is 20.2 Å². The number of rotatable bonds is 6. The third-order valence-corrected chi connectivity index (χ3v) is 2.38. The monoisotopic (exact) mass is 245 g/mol. The maximum absolute atomic E-state index is 9.37. The van der Waals surface area contributed by atoms with E-state index in [-0.39, 0.29) is 5.75 Å². The fraction of sp³-hybridized carbons (Fsp3) is 0.455. The summed E-state index contributed by atoms with van der Waals surface area (Å²) in [6.07, 6.45) is -0.516. The Morgan fingerprint density at radius 2 is 2.25 bits per heavy atom. The minimum absolute atomic E-state index is 0.0739. The molecule has 0 radical (unpaired) electrons. The molecule has 4 nitrogen and oxygen atoms in total. The maximum Gasteiger partial charge on any atom is 0.134 e. The van der Waals surface area contributed by atoms with Gasteiger partial charge in [0.1, 0.15) is 5.75 Å². The fourth-order valence-electron chi connectivity index (χ4n) is 1.29. The van der Waals surface area contributed by atoms with Crippen molar-refractivity contribution in [1.82, 2.24) is 5.32 Å². The Hall–Kier alpha value is -0.810. The summed E-state index contributed by atoms with van der Waals surface area (Å²) in [7, 11) is 1.54. The Labute approximate surface area is 99.8 Å². The van der Waals surface area contributed by atoms with Crippen LogP contribution >= 0.6 is 11.6 Å². The Kier molecular flexibility index (Phi) is 5.55. The quantitative estimate of drug-likeness (QED) is 0.704. The van der Waals surface area contributed by atoms with Gasteiger partial charge in [-0.1, -0.05) is 17.7 Å². The van der Waals surface area contributed by atoms with Crippen LogP contribution in [0.4, 0.5) is 0 Å². The largest absolute Gasteiger partial charge is 0.506 e. The minimum atomic E-state index is -0.516. The summed E-state index contributed by atoms with van der Waals surface area (Å²) in [5.41, 5.74) is 0.951. The Morgan fingerprint density at radius 3 is 2.88 bits per heavy atom. The van der Waals surface area contributed by atoms with Crippen LogP contribution in [-0.4, -0.2) is 36.6 Å². The number of halogens is 1. The van der Waals surface area contributed by atoms with E-state index in [0.717, 1.165) is 5.56 Å². The molecule has 0 aliphatic carbocycles. The summed E-state index contributed by atoms with van der Waals surface area (Å²) in [5, 5.41) is 22.0. The van der Waals surface area contributed by atoms with Crippen molar-refractivity contribution in [3.63, 3.8) is 0 Å². The van der Waals surface area contributed by atoms with Crippen molar-refractivity contribution in [3.05, 3.63) is 28.8 Å². The molecule has 0 aromatic heterocycles. The van der Waals surface area contributed by atoms with Gasteiger partial charge in [-0.2, -0.15) is 0 Å². The van der Waals surface area contributed by atoms with Crippen molar-refractivity contribution in [2.24, 2.45) is 0 Å². The molecule has 1 atom stereocenters. The van der Waals surface area contributed by atoms with Crippen molar-refractivity contribution in [2.45, 2.75) is 12.6 Å². The lowest BCUT2D eigenvalue weighted by Gasteiger charge is -2.10. The molecule has 0 spiro atoms. The van der Waals surface area contributed by atoms with Crippen LogP contribution in [0.2, 0.25) is 5.02 Å². The average Bonchev–Trinajstić information content (AvgIpc) is 2.24. The van der Waals surface area contributed by atoms with Crippen LogP contribution in [0.5, 0.6) is 5.75 Å². The molecule has 16 heavy (non-hydrogen) atoms. The second kappa shape index (κ2) is 6.70. The number of hydrogen-bond acceptors (Lipinski definition) is 4. The molecule has 0 fully saturated rings. The van der Waals surface area contributed by atoms with Gasteiger partial charge in [0.2, 0.25) is 0 Å². The number of methoxy groups -OCH3 is 1. The van der Waals surface area contributed by atoms with Gasteiger partial charge in [0.25, 0.3) is 0 Å². The highest BCUT2D eigenvalue weighted by Crippen LogP contribution is 2.23. The van der Waals surface area contributed by atoms with Gasteiger partial charge in [-0.3, -0.25) is 0 Å². The molecular weight excluding hydrogens is 230 g/mol. The van der Waals surface area contributed by atoms with E-state index in [9.17, 15) is 10.2 Å². The first-order valence-electron chi connectivity index (χ1n) is 4.98. The first kappa shape index (κ1) is 13.3. The van der Waals surface area contributed by atoms with E-state index in [0.29, 0.717) is 24.7 Å². The zero-order valence-corrected chi connectivity index (χ0v) is 9.87. The second-order valence-corrected chi connectivity index (χ2v) is 3.93. The Balaban J connectivity index is 2.34. The summed E-state index contributed by atoms with van der Waals surface area (Å²) >= 11 is 5.76. The molecule has 90 valence electrons. The smallest absolute Gasteiger partial charge is 0.134 e. The molecule has 0 aliphatic heterocycles. The standard InChI is InChI=1S/C11H16ClNO3/c1-16-7-9(14)6-13-5-8-2-3-11(15)10(12)4-8/h2-4,9,13-15H,5-7H2,1H3. The van der Waals surface area contributed by atoms with Crippen molar-refractivity contribution in [1.29, 1.82) is 0 Å². The normalized spacial score (nSPS) is 12.7. The van der Waals surface area contributed by atoms with Gasteiger partial charge in [-0.25, -0.2) is 0 Å². The molecule has 0 aliphatic rings. The second-order valence-electron chi connectivity index (χ2n) is 3.53. The van der Waals surface area contributed by atoms with Crippen LogP contribution in [0, 0.1) is 0 Å². The molecule has 0 saturated heterocycles. The molecule has 3 N–H and O–H groups in total. The summed E-state index contributed by atoms with van der Waals surface area (Å²) in [6.45, 7) is 1.34. The summed E-state index contributed by atoms with van der Waals surface area (Å²) < 4.78 is 4.80. The van der Waals surface area contributed by atoms with E-state index >= 15 is 0 Å². The van der Waals surface area contributed by atoms with Crippen LogP contribution < -0.4 is 5.32 Å². The number of hydrogen-bond donors (Lipinski definition) is 3. The Morgan fingerprint density at radius 1 is 1.50 bits per heavy atom. The third-order valence-electron chi connectivity index (χ3n) is 2.08. The van der Waals surface area contributed by atoms with E-state index < -0.39 is 6.10 Å². The van der Waals surface area contributed by atoms with Crippen LogP contribution in [0.15, 0.2) is 18.2 Å². The molecule has 1 unspecified atom stereocenters. The molecule has 0 heterocycles. The summed E-state index contributed by atoms with van der Waals surface area (Å²) in [4.78, 5) is 0. The Bertz CT molecular complexity index is 333. The minimum Gasteiger partial charge on any atom is -0.506 e. The van der Waals surface area contributed by atoms with Crippen LogP contribution in [0.1, 0.15) is 5.56 Å². The van der Waals surface area contributed by atoms with E-state index in [1.54, 1.807) is 25.3 Å². The van der Waals surface area contributed by atoms with E-state index in [2.05, 4.69) is 5.32 Å². The lowest BCUT2D eigenvalue weighted by molar-refractivity contribution is 0.0644.